The first-order valence-electron chi connectivity index (χ1n) is 13.8. The van der Waals surface area contributed by atoms with Crippen molar-refractivity contribution in [3.05, 3.63) is 46.6 Å². The van der Waals surface area contributed by atoms with Gasteiger partial charge < -0.3 is 19.4 Å². The maximum absolute atomic E-state index is 13.8. The number of piperidine rings is 1. The summed E-state index contributed by atoms with van der Waals surface area (Å²) in [5, 5.41) is 0.483. The van der Waals surface area contributed by atoms with Crippen LogP contribution < -0.4 is 14.7 Å². The van der Waals surface area contributed by atoms with Crippen molar-refractivity contribution in [2.24, 2.45) is 5.92 Å². The quantitative estimate of drug-likeness (QED) is 0.406. The number of nitrogens with zero attached hydrogens (tertiary/aromatic N) is 5. The Kier molecular flexibility index (Phi) is 9.81. The number of likely N-dealkylation sites (N-methyl/N-ethyl adjacent to an activating group) is 1. The third-order valence-corrected chi connectivity index (χ3v) is 8.21. The summed E-state index contributed by atoms with van der Waals surface area (Å²) in [6.45, 7) is 5.78. The first kappa shape index (κ1) is 31.1. The first-order valence-corrected chi connectivity index (χ1v) is 14.1. The second-order valence-electron chi connectivity index (χ2n) is 10.8. The van der Waals surface area contributed by atoms with Gasteiger partial charge in [-0.2, -0.15) is 13.2 Å². The lowest BCUT2D eigenvalue weighted by Gasteiger charge is -2.36. The van der Waals surface area contributed by atoms with E-state index in [0.717, 1.165) is 56.1 Å². The SMILES string of the molecule is COCCN1CCC(CN(C)c2c(Cl)cccc2N(C)C(=O)[C@@H]2CCC(=O)N2c2cc(C(F)(F)F)cc(C)n2)CC1. The molecule has 0 unspecified atom stereocenters. The number of methoxy groups -OCH3 is 1. The molecule has 8 nitrogen and oxygen atoms in total. The maximum Gasteiger partial charge on any atom is 0.416 e. The summed E-state index contributed by atoms with van der Waals surface area (Å²) in [7, 11) is 5.25. The molecular formula is C29H37ClF3N5O3. The lowest BCUT2D eigenvalue weighted by atomic mass is 9.96. The van der Waals surface area contributed by atoms with Crippen LogP contribution >= 0.6 is 11.6 Å². The van der Waals surface area contributed by atoms with E-state index >= 15 is 0 Å². The number of benzene rings is 1. The van der Waals surface area contributed by atoms with Crippen molar-refractivity contribution in [3.63, 3.8) is 0 Å². The van der Waals surface area contributed by atoms with Gasteiger partial charge >= 0.3 is 6.18 Å². The molecule has 0 radical (unpaired) electrons. The summed E-state index contributed by atoms with van der Waals surface area (Å²) in [5.41, 5.74) is 0.450. The number of halogens is 4. The van der Waals surface area contributed by atoms with Crippen LogP contribution in [0.25, 0.3) is 0 Å². The van der Waals surface area contributed by atoms with Gasteiger partial charge in [0.2, 0.25) is 11.8 Å². The number of ether oxygens (including phenoxy) is 1. The van der Waals surface area contributed by atoms with Crippen LogP contribution in [0.1, 0.15) is 36.9 Å². The lowest BCUT2D eigenvalue weighted by Crippen LogP contribution is -2.46. The topological polar surface area (TPSA) is 69.2 Å². The minimum Gasteiger partial charge on any atom is -0.383 e. The van der Waals surface area contributed by atoms with Crippen molar-refractivity contribution >= 4 is 40.6 Å². The minimum atomic E-state index is -4.61. The molecule has 1 aromatic carbocycles. The van der Waals surface area contributed by atoms with Crippen LogP contribution in [0.15, 0.2) is 30.3 Å². The zero-order chi connectivity index (χ0) is 29.9. The smallest absolute Gasteiger partial charge is 0.383 e. The number of rotatable bonds is 9. The number of aromatic nitrogens is 1. The van der Waals surface area contributed by atoms with Gasteiger partial charge in [0, 0.05) is 46.4 Å². The number of hydrogen-bond acceptors (Lipinski definition) is 6. The molecule has 224 valence electrons. The van der Waals surface area contributed by atoms with E-state index in [0.29, 0.717) is 28.9 Å². The van der Waals surface area contributed by atoms with Gasteiger partial charge in [0.25, 0.3) is 0 Å². The second-order valence-corrected chi connectivity index (χ2v) is 11.2. The number of anilines is 3. The Morgan fingerprint density at radius 2 is 1.88 bits per heavy atom. The van der Waals surface area contributed by atoms with Gasteiger partial charge in [-0.25, -0.2) is 4.98 Å². The second kappa shape index (κ2) is 13.0. The highest BCUT2D eigenvalue weighted by atomic mass is 35.5. The van der Waals surface area contributed by atoms with Gasteiger partial charge in [0.15, 0.2) is 0 Å². The Bertz CT molecular complexity index is 1250. The summed E-state index contributed by atoms with van der Waals surface area (Å²) in [6.07, 6.45) is -2.34. The third-order valence-electron chi connectivity index (χ3n) is 7.90. The van der Waals surface area contributed by atoms with Crippen molar-refractivity contribution in [3.8, 4) is 0 Å². The molecule has 1 aromatic heterocycles. The number of likely N-dealkylation sites (tertiary alicyclic amines) is 1. The molecule has 41 heavy (non-hydrogen) atoms. The third kappa shape index (κ3) is 7.13. The van der Waals surface area contributed by atoms with Gasteiger partial charge in [0.1, 0.15) is 11.9 Å². The molecule has 0 N–H and O–H groups in total. The summed E-state index contributed by atoms with van der Waals surface area (Å²) in [6, 6.07) is 6.07. The summed E-state index contributed by atoms with van der Waals surface area (Å²) >= 11 is 6.67. The number of carbonyl (C=O) groups is 2. The number of hydrogen-bond donors (Lipinski definition) is 0. The van der Waals surface area contributed by atoms with Gasteiger partial charge in [0.05, 0.1) is 28.6 Å². The summed E-state index contributed by atoms with van der Waals surface area (Å²) < 4.78 is 45.7. The van der Waals surface area contributed by atoms with Crippen LogP contribution in [0, 0.1) is 12.8 Å². The van der Waals surface area contributed by atoms with Crippen molar-refractivity contribution in [2.45, 2.75) is 44.8 Å². The standard InChI is InChI=1S/C29H37ClF3N5O3/c1-19-16-21(29(31,32)33)17-25(34-19)38-24(8-9-26(38)39)28(40)36(3)23-7-5-6-22(30)27(23)35(2)18-20-10-12-37(13-11-20)14-15-41-4/h5-7,16-17,20,24H,8-15,18H2,1-4H3/t24-/m0/s1. The Hall–Kier alpha value is -2.89. The Labute approximate surface area is 244 Å². The molecule has 2 saturated heterocycles. The molecule has 12 heteroatoms. The highest BCUT2D eigenvalue weighted by Crippen LogP contribution is 2.39. The fraction of sp³-hybridized carbons (Fsp3) is 0.552. The molecule has 1 atom stereocenters. The predicted molar refractivity (Wildman–Crippen MR) is 154 cm³/mol. The van der Waals surface area contributed by atoms with Gasteiger partial charge in [-0.3, -0.25) is 14.5 Å². The van der Waals surface area contributed by atoms with Crippen LogP contribution in [-0.2, 0) is 20.5 Å². The van der Waals surface area contributed by atoms with E-state index in [2.05, 4.69) is 14.8 Å². The molecule has 0 bridgehead atoms. The molecule has 2 amide bonds. The fourth-order valence-corrected chi connectivity index (χ4v) is 6.04. The zero-order valence-corrected chi connectivity index (χ0v) is 24.6. The molecule has 3 heterocycles. The molecule has 0 saturated carbocycles. The van der Waals surface area contributed by atoms with Gasteiger partial charge in [-0.05, 0) is 69.5 Å². The molecular weight excluding hydrogens is 559 g/mol. The van der Waals surface area contributed by atoms with Crippen LogP contribution in [0.2, 0.25) is 5.02 Å². The molecule has 4 rings (SSSR count). The van der Waals surface area contributed by atoms with E-state index < -0.39 is 29.6 Å². The molecule has 0 spiro atoms. The Balaban J connectivity index is 1.54. The van der Waals surface area contributed by atoms with E-state index in [1.807, 2.05) is 7.05 Å². The Morgan fingerprint density at radius 1 is 1.17 bits per heavy atom. The van der Waals surface area contributed by atoms with Gasteiger partial charge in [-0.1, -0.05) is 17.7 Å². The van der Waals surface area contributed by atoms with Crippen LogP contribution in [0.3, 0.4) is 0 Å². The van der Waals surface area contributed by atoms with Crippen LogP contribution in [0.4, 0.5) is 30.4 Å². The number of carbonyl (C=O) groups excluding carboxylic acids is 2. The summed E-state index contributed by atoms with van der Waals surface area (Å²) in [4.78, 5) is 37.9. The van der Waals surface area contributed by atoms with Crippen molar-refractivity contribution in [2.75, 3.05) is 68.7 Å². The summed E-state index contributed by atoms with van der Waals surface area (Å²) in [5.74, 6) is -0.590. The van der Waals surface area contributed by atoms with E-state index in [9.17, 15) is 22.8 Å². The van der Waals surface area contributed by atoms with Crippen molar-refractivity contribution in [1.29, 1.82) is 0 Å². The largest absolute Gasteiger partial charge is 0.416 e. The first-order chi connectivity index (χ1) is 19.4. The van der Waals surface area contributed by atoms with E-state index in [1.54, 1.807) is 32.4 Å². The lowest BCUT2D eigenvalue weighted by molar-refractivity contribution is -0.137. The zero-order valence-electron chi connectivity index (χ0n) is 23.9. The monoisotopic (exact) mass is 595 g/mol. The maximum atomic E-state index is 13.8. The average molecular weight is 596 g/mol. The number of amides is 2. The highest BCUT2D eigenvalue weighted by molar-refractivity contribution is 6.34. The van der Waals surface area contributed by atoms with E-state index in [-0.39, 0.29) is 24.4 Å². The van der Waals surface area contributed by atoms with E-state index in [1.165, 1.54) is 11.8 Å². The normalized spacial score (nSPS) is 18.7. The number of aryl methyl sites for hydroxylation is 1. The minimum absolute atomic E-state index is 0.0343. The van der Waals surface area contributed by atoms with Crippen LogP contribution in [0.5, 0.6) is 0 Å². The van der Waals surface area contributed by atoms with Crippen molar-refractivity contribution < 1.29 is 27.5 Å². The molecule has 2 aromatic rings. The highest BCUT2D eigenvalue weighted by Gasteiger charge is 2.41. The molecule has 2 aliphatic heterocycles. The number of pyridine rings is 1. The average Bonchev–Trinajstić information content (AvgIpc) is 3.32. The van der Waals surface area contributed by atoms with E-state index in [4.69, 9.17) is 16.3 Å². The molecule has 0 aliphatic carbocycles. The molecule has 2 aliphatic rings. The van der Waals surface area contributed by atoms with Crippen LogP contribution in [-0.4, -0.2) is 81.7 Å². The number of para-hydroxylation sites is 1. The predicted octanol–water partition coefficient (Wildman–Crippen LogP) is 5.02. The molecule has 2 fully saturated rings. The fourth-order valence-electron chi connectivity index (χ4n) is 5.73. The number of alkyl halides is 3. The van der Waals surface area contributed by atoms with Gasteiger partial charge in [-0.15, -0.1) is 0 Å². The Morgan fingerprint density at radius 3 is 2.54 bits per heavy atom. The van der Waals surface area contributed by atoms with Crippen molar-refractivity contribution in [1.82, 2.24) is 9.88 Å².